The predicted molar refractivity (Wildman–Crippen MR) is 107 cm³/mol. The molecule has 1 unspecified atom stereocenters. The summed E-state index contributed by atoms with van der Waals surface area (Å²) in [6.07, 6.45) is 7.61. The second-order valence-corrected chi connectivity index (χ2v) is 9.43. The van der Waals surface area contributed by atoms with Crippen LogP contribution in [-0.4, -0.2) is 53.7 Å². The van der Waals surface area contributed by atoms with Gasteiger partial charge in [0.25, 0.3) is 0 Å². The van der Waals surface area contributed by atoms with Crippen LogP contribution in [0, 0.1) is 17.6 Å². The van der Waals surface area contributed by atoms with Crippen molar-refractivity contribution >= 4 is 0 Å². The van der Waals surface area contributed by atoms with Crippen LogP contribution >= 0.6 is 0 Å². The van der Waals surface area contributed by atoms with Gasteiger partial charge < -0.3 is 9.64 Å². The van der Waals surface area contributed by atoms with Crippen molar-refractivity contribution in [3.8, 4) is 0 Å². The molecule has 0 radical (unpaired) electrons. The SMILES string of the molecule is CC(C)CN1CCC(OC2C[C@H]3CC[C@@H](C2)N3Cc2ccc(F)c(F)c2)CC1. The number of nitrogens with zero attached hydrogens (tertiary/aromatic N) is 2. The Hall–Kier alpha value is -1.04. The molecule has 3 aliphatic heterocycles. The minimum atomic E-state index is -0.765. The zero-order valence-corrected chi connectivity index (χ0v) is 17.2. The first-order valence-electron chi connectivity index (χ1n) is 11.1. The van der Waals surface area contributed by atoms with Gasteiger partial charge in [-0.05, 0) is 62.1 Å². The maximum Gasteiger partial charge on any atom is 0.159 e. The van der Waals surface area contributed by atoms with Crippen LogP contribution in [0.5, 0.6) is 0 Å². The minimum absolute atomic E-state index is 0.361. The van der Waals surface area contributed by atoms with Gasteiger partial charge in [0, 0.05) is 38.3 Å². The number of hydrogen-bond acceptors (Lipinski definition) is 3. The molecule has 0 amide bonds. The fraction of sp³-hybridized carbons (Fsp3) is 0.739. The third-order valence-electron chi connectivity index (χ3n) is 6.73. The highest BCUT2D eigenvalue weighted by molar-refractivity contribution is 5.18. The van der Waals surface area contributed by atoms with Gasteiger partial charge in [-0.3, -0.25) is 4.90 Å². The first kappa shape index (κ1) is 20.2. The number of fused-ring (bicyclic) bond motifs is 2. The summed E-state index contributed by atoms with van der Waals surface area (Å²) in [6.45, 7) is 8.79. The summed E-state index contributed by atoms with van der Waals surface area (Å²) in [6, 6.07) is 5.33. The molecule has 3 saturated heterocycles. The van der Waals surface area contributed by atoms with E-state index >= 15 is 0 Å². The fourth-order valence-corrected chi connectivity index (χ4v) is 5.46. The molecule has 3 fully saturated rings. The highest BCUT2D eigenvalue weighted by Gasteiger charge is 2.41. The Bertz CT molecular complexity index is 646. The second kappa shape index (κ2) is 8.76. The van der Waals surface area contributed by atoms with Crippen LogP contribution in [0.3, 0.4) is 0 Å². The number of halogens is 2. The molecular formula is C23H34F2N2O. The maximum absolute atomic E-state index is 13.5. The Morgan fingerprint density at radius 1 is 0.964 bits per heavy atom. The molecule has 3 aliphatic rings. The summed E-state index contributed by atoms with van der Waals surface area (Å²) in [4.78, 5) is 5.07. The molecule has 0 saturated carbocycles. The lowest BCUT2D eigenvalue weighted by atomic mass is 9.97. The van der Waals surface area contributed by atoms with Gasteiger partial charge in [-0.1, -0.05) is 19.9 Å². The Balaban J connectivity index is 1.27. The number of likely N-dealkylation sites (tertiary alicyclic amines) is 1. The third kappa shape index (κ3) is 4.74. The van der Waals surface area contributed by atoms with Gasteiger partial charge in [0.05, 0.1) is 12.2 Å². The van der Waals surface area contributed by atoms with Gasteiger partial charge in [-0.25, -0.2) is 8.78 Å². The van der Waals surface area contributed by atoms with Crippen molar-refractivity contribution in [2.75, 3.05) is 19.6 Å². The second-order valence-electron chi connectivity index (χ2n) is 9.43. The minimum Gasteiger partial charge on any atom is -0.375 e. The van der Waals surface area contributed by atoms with Gasteiger partial charge >= 0.3 is 0 Å². The Kier molecular flexibility index (Phi) is 6.34. The molecule has 3 nitrogen and oxygen atoms in total. The average molecular weight is 393 g/mol. The van der Waals surface area contributed by atoms with E-state index in [4.69, 9.17) is 4.74 Å². The number of rotatable bonds is 6. The van der Waals surface area contributed by atoms with E-state index in [2.05, 4.69) is 23.6 Å². The van der Waals surface area contributed by atoms with E-state index in [1.165, 1.54) is 31.5 Å². The molecule has 0 aromatic heterocycles. The topological polar surface area (TPSA) is 15.7 Å². The fourth-order valence-electron chi connectivity index (χ4n) is 5.46. The van der Waals surface area contributed by atoms with Crippen molar-refractivity contribution in [3.05, 3.63) is 35.4 Å². The summed E-state index contributed by atoms with van der Waals surface area (Å²) in [7, 11) is 0. The molecular weight excluding hydrogens is 358 g/mol. The van der Waals surface area contributed by atoms with E-state index in [1.807, 2.05) is 0 Å². The molecule has 3 atom stereocenters. The lowest BCUT2D eigenvalue weighted by molar-refractivity contribution is -0.0811. The van der Waals surface area contributed by atoms with E-state index in [0.29, 0.717) is 30.8 Å². The van der Waals surface area contributed by atoms with E-state index in [0.717, 1.165) is 50.3 Å². The van der Waals surface area contributed by atoms with Crippen molar-refractivity contribution in [2.24, 2.45) is 5.92 Å². The average Bonchev–Trinajstić information content (AvgIpc) is 2.88. The first-order valence-corrected chi connectivity index (χ1v) is 11.1. The highest BCUT2D eigenvalue weighted by atomic mass is 19.2. The molecule has 156 valence electrons. The van der Waals surface area contributed by atoms with Crippen LogP contribution < -0.4 is 0 Å². The summed E-state index contributed by atoms with van der Waals surface area (Å²) in [5.41, 5.74) is 0.868. The van der Waals surface area contributed by atoms with Crippen LogP contribution in [0.4, 0.5) is 8.78 Å². The van der Waals surface area contributed by atoms with Gasteiger partial charge in [0.1, 0.15) is 0 Å². The van der Waals surface area contributed by atoms with Gasteiger partial charge in [-0.2, -0.15) is 0 Å². The van der Waals surface area contributed by atoms with E-state index in [9.17, 15) is 8.78 Å². The van der Waals surface area contributed by atoms with Gasteiger partial charge in [0.15, 0.2) is 11.6 Å². The van der Waals surface area contributed by atoms with Crippen molar-refractivity contribution in [2.45, 2.75) is 83.2 Å². The Labute approximate surface area is 168 Å². The van der Waals surface area contributed by atoms with Gasteiger partial charge in [-0.15, -0.1) is 0 Å². The number of ether oxygens (including phenoxy) is 1. The van der Waals surface area contributed by atoms with Crippen LogP contribution in [-0.2, 0) is 11.3 Å². The van der Waals surface area contributed by atoms with E-state index < -0.39 is 11.6 Å². The number of hydrogen-bond donors (Lipinski definition) is 0. The molecule has 0 spiro atoms. The standard InChI is InChI=1S/C23H34F2N2O/c1-16(2)14-26-9-7-20(8-10-26)28-21-12-18-4-5-19(13-21)27(18)15-17-3-6-22(24)23(25)11-17/h3,6,11,16,18-21H,4-5,7-10,12-15H2,1-2H3/t18-,19+,21?. The monoisotopic (exact) mass is 392 g/mol. The summed E-state index contributed by atoms with van der Waals surface area (Å²) >= 11 is 0. The van der Waals surface area contributed by atoms with Crippen molar-refractivity contribution in [1.82, 2.24) is 9.80 Å². The van der Waals surface area contributed by atoms with E-state index in [1.54, 1.807) is 6.07 Å². The number of benzene rings is 1. The van der Waals surface area contributed by atoms with Gasteiger partial charge in [0.2, 0.25) is 0 Å². The molecule has 0 aliphatic carbocycles. The number of piperidine rings is 2. The molecule has 1 aromatic rings. The molecule has 1 aromatic carbocycles. The zero-order chi connectivity index (χ0) is 19.7. The smallest absolute Gasteiger partial charge is 0.159 e. The normalized spacial score (nSPS) is 29.7. The molecule has 5 heteroatoms. The van der Waals surface area contributed by atoms with Crippen molar-refractivity contribution < 1.29 is 13.5 Å². The third-order valence-corrected chi connectivity index (χ3v) is 6.73. The van der Waals surface area contributed by atoms with Crippen LogP contribution in [0.2, 0.25) is 0 Å². The molecule has 28 heavy (non-hydrogen) atoms. The first-order chi connectivity index (χ1) is 13.5. The van der Waals surface area contributed by atoms with Crippen LogP contribution in [0.15, 0.2) is 18.2 Å². The molecule has 3 heterocycles. The van der Waals surface area contributed by atoms with Crippen molar-refractivity contribution in [3.63, 3.8) is 0 Å². The summed E-state index contributed by atoms with van der Waals surface area (Å²) in [5, 5.41) is 0. The van der Waals surface area contributed by atoms with Crippen LogP contribution in [0.25, 0.3) is 0 Å². The summed E-state index contributed by atoms with van der Waals surface area (Å²) in [5.74, 6) is -0.780. The lowest BCUT2D eigenvalue weighted by Gasteiger charge is -2.41. The molecule has 2 bridgehead atoms. The zero-order valence-electron chi connectivity index (χ0n) is 17.2. The quantitative estimate of drug-likeness (QED) is 0.704. The highest BCUT2D eigenvalue weighted by Crippen LogP contribution is 2.38. The van der Waals surface area contributed by atoms with E-state index in [-0.39, 0.29) is 0 Å². The molecule has 0 N–H and O–H groups in total. The lowest BCUT2D eigenvalue weighted by Crippen LogP contribution is -2.47. The Morgan fingerprint density at radius 2 is 1.64 bits per heavy atom. The predicted octanol–water partition coefficient (Wildman–Crippen LogP) is 4.60. The maximum atomic E-state index is 13.5. The largest absolute Gasteiger partial charge is 0.375 e. The molecule has 4 rings (SSSR count). The summed E-state index contributed by atoms with van der Waals surface area (Å²) < 4.78 is 33.3. The van der Waals surface area contributed by atoms with Crippen molar-refractivity contribution in [1.29, 1.82) is 0 Å². The van der Waals surface area contributed by atoms with Crippen LogP contribution in [0.1, 0.15) is 57.9 Å². The Morgan fingerprint density at radius 3 is 2.25 bits per heavy atom.